The van der Waals surface area contributed by atoms with Gasteiger partial charge in [0.15, 0.2) is 0 Å². The van der Waals surface area contributed by atoms with Crippen molar-refractivity contribution in [3.8, 4) is 0 Å². The Morgan fingerprint density at radius 2 is 2.05 bits per heavy atom. The van der Waals surface area contributed by atoms with Crippen LogP contribution in [0.1, 0.15) is 55.0 Å². The van der Waals surface area contributed by atoms with E-state index < -0.39 is 5.97 Å². The van der Waals surface area contributed by atoms with Gasteiger partial charge in [0.25, 0.3) is 0 Å². The number of aromatic carboxylic acids is 1. The Hall–Kier alpha value is -1.82. The Kier molecular flexibility index (Phi) is 5.38. The van der Waals surface area contributed by atoms with Gasteiger partial charge in [0, 0.05) is 26.1 Å². The summed E-state index contributed by atoms with van der Waals surface area (Å²) in [6.45, 7) is 4.18. The van der Waals surface area contributed by atoms with Crippen LogP contribution in [0.15, 0.2) is 16.5 Å². The first-order valence-corrected chi connectivity index (χ1v) is 7.42. The van der Waals surface area contributed by atoms with E-state index in [0.717, 1.165) is 25.9 Å². The number of hydrogen-bond donors (Lipinski definition) is 2. The largest absolute Gasteiger partial charge is 0.475 e. The van der Waals surface area contributed by atoms with E-state index in [2.05, 4.69) is 5.32 Å². The van der Waals surface area contributed by atoms with Crippen LogP contribution in [0.5, 0.6) is 0 Å². The number of carboxylic acid groups (broad SMARTS) is 1. The first-order chi connectivity index (χ1) is 10.1. The summed E-state index contributed by atoms with van der Waals surface area (Å²) in [4.78, 5) is 24.7. The number of hydrogen-bond acceptors (Lipinski definition) is 4. The highest BCUT2D eigenvalue weighted by atomic mass is 16.4. The van der Waals surface area contributed by atoms with Crippen molar-refractivity contribution >= 4 is 11.9 Å². The van der Waals surface area contributed by atoms with E-state index in [9.17, 15) is 9.59 Å². The van der Waals surface area contributed by atoms with Gasteiger partial charge < -0.3 is 19.7 Å². The van der Waals surface area contributed by atoms with E-state index in [4.69, 9.17) is 9.52 Å². The second-order valence-corrected chi connectivity index (χ2v) is 5.37. The molecule has 1 aromatic heterocycles. The second-order valence-electron chi connectivity index (χ2n) is 5.37. The van der Waals surface area contributed by atoms with Gasteiger partial charge in [0.1, 0.15) is 5.76 Å². The van der Waals surface area contributed by atoms with Crippen LogP contribution in [0, 0.1) is 0 Å². The van der Waals surface area contributed by atoms with Gasteiger partial charge >= 0.3 is 5.97 Å². The summed E-state index contributed by atoms with van der Waals surface area (Å²) in [7, 11) is 0. The van der Waals surface area contributed by atoms with Crippen LogP contribution in [-0.4, -0.2) is 41.5 Å². The third kappa shape index (κ3) is 4.32. The van der Waals surface area contributed by atoms with Crippen LogP contribution >= 0.6 is 0 Å². The average Bonchev–Trinajstić information content (AvgIpc) is 2.98. The standard InChI is InChI=1S/C15H22N2O4/c1-11(12-5-6-13(21-12)15(19)20)16-8-7-14(18)17-9-3-2-4-10-17/h5-6,11,16H,2-4,7-10H2,1H3,(H,19,20). The minimum absolute atomic E-state index is 0.0666. The highest BCUT2D eigenvalue weighted by Crippen LogP contribution is 2.16. The number of carbonyl (C=O) groups is 2. The van der Waals surface area contributed by atoms with Crippen molar-refractivity contribution in [2.45, 2.75) is 38.6 Å². The van der Waals surface area contributed by atoms with Crippen LogP contribution in [-0.2, 0) is 4.79 Å². The maximum Gasteiger partial charge on any atom is 0.371 e. The predicted molar refractivity (Wildman–Crippen MR) is 77.1 cm³/mol. The van der Waals surface area contributed by atoms with Gasteiger partial charge in [-0.25, -0.2) is 4.79 Å². The minimum Gasteiger partial charge on any atom is -0.475 e. The summed E-state index contributed by atoms with van der Waals surface area (Å²) in [6.07, 6.45) is 3.86. The van der Waals surface area contributed by atoms with Gasteiger partial charge in [-0.2, -0.15) is 0 Å². The summed E-state index contributed by atoms with van der Waals surface area (Å²) >= 11 is 0. The molecule has 2 N–H and O–H groups in total. The molecule has 0 aliphatic carbocycles. The Morgan fingerprint density at radius 1 is 1.33 bits per heavy atom. The van der Waals surface area contributed by atoms with Gasteiger partial charge in [-0.3, -0.25) is 4.79 Å². The summed E-state index contributed by atoms with van der Waals surface area (Å²) in [6, 6.07) is 2.97. The molecule has 0 spiro atoms. The Bertz CT molecular complexity index is 492. The average molecular weight is 294 g/mol. The van der Waals surface area contributed by atoms with Gasteiger partial charge in [-0.05, 0) is 38.3 Å². The molecule has 2 rings (SSSR count). The molecule has 1 aromatic rings. The first kappa shape index (κ1) is 15.6. The smallest absolute Gasteiger partial charge is 0.371 e. The fourth-order valence-electron chi connectivity index (χ4n) is 2.50. The highest BCUT2D eigenvalue weighted by Gasteiger charge is 2.17. The summed E-state index contributed by atoms with van der Waals surface area (Å²) in [5.74, 6) is -0.394. The van der Waals surface area contributed by atoms with Crippen molar-refractivity contribution in [1.82, 2.24) is 10.2 Å². The van der Waals surface area contributed by atoms with Crippen LogP contribution in [0.2, 0.25) is 0 Å². The molecule has 1 fully saturated rings. The van der Waals surface area contributed by atoms with Crippen LogP contribution < -0.4 is 5.32 Å². The van der Waals surface area contributed by atoms with E-state index in [0.29, 0.717) is 18.7 Å². The fraction of sp³-hybridized carbons (Fsp3) is 0.600. The highest BCUT2D eigenvalue weighted by molar-refractivity contribution is 5.84. The number of rotatable bonds is 6. The lowest BCUT2D eigenvalue weighted by Crippen LogP contribution is -2.37. The Labute approximate surface area is 124 Å². The van der Waals surface area contributed by atoms with Crippen molar-refractivity contribution in [3.63, 3.8) is 0 Å². The molecule has 116 valence electrons. The summed E-state index contributed by atoms with van der Waals surface area (Å²) in [5, 5.41) is 12.0. The molecule has 1 atom stereocenters. The van der Waals surface area contributed by atoms with Crippen molar-refractivity contribution in [1.29, 1.82) is 0 Å². The zero-order valence-electron chi connectivity index (χ0n) is 12.3. The molecule has 21 heavy (non-hydrogen) atoms. The maximum atomic E-state index is 12.0. The molecule has 0 aromatic carbocycles. The molecule has 1 unspecified atom stereocenters. The lowest BCUT2D eigenvalue weighted by molar-refractivity contribution is -0.132. The molecule has 1 saturated heterocycles. The molecule has 6 nitrogen and oxygen atoms in total. The van der Waals surface area contributed by atoms with E-state index >= 15 is 0 Å². The number of carboxylic acids is 1. The maximum absolute atomic E-state index is 12.0. The summed E-state index contributed by atoms with van der Waals surface area (Å²) < 4.78 is 5.22. The first-order valence-electron chi connectivity index (χ1n) is 7.42. The third-order valence-corrected chi connectivity index (χ3v) is 3.76. The normalized spacial score (nSPS) is 16.7. The lowest BCUT2D eigenvalue weighted by atomic mass is 10.1. The number of piperidine rings is 1. The fourth-order valence-corrected chi connectivity index (χ4v) is 2.50. The van der Waals surface area contributed by atoms with Crippen molar-refractivity contribution in [3.05, 3.63) is 23.7 Å². The van der Waals surface area contributed by atoms with Gasteiger partial charge in [0.05, 0.1) is 6.04 Å². The topological polar surface area (TPSA) is 82.8 Å². The van der Waals surface area contributed by atoms with Crippen molar-refractivity contribution in [2.24, 2.45) is 0 Å². The zero-order valence-corrected chi connectivity index (χ0v) is 12.3. The van der Waals surface area contributed by atoms with Crippen LogP contribution in [0.25, 0.3) is 0 Å². The summed E-state index contributed by atoms with van der Waals surface area (Å²) in [5.41, 5.74) is 0. The molecule has 1 aliphatic rings. The number of nitrogens with one attached hydrogen (secondary N) is 1. The number of likely N-dealkylation sites (tertiary alicyclic amines) is 1. The number of amides is 1. The monoisotopic (exact) mass is 294 g/mol. The molecule has 0 bridgehead atoms. The molecule has 6 heteroatoms. The molecular formula is C15H22N2O4. The second kappa shape index (κ2) is 7.26. The number of nitrogens with zero attached hydrogens (tertiary/aromatic N) is 1. The SMILES string of the molecule is CC(NCCC(=O)N1CCCCC1)c1ccc(C(=O)O)o1. The Balaban J connectivity index is 1.74. The molecule has 1 aliphatic heterocycles. The van der Waals surface area contributed by atoms with E-state index in [1.807, 2.05) is 11.8 Å². The van der Waals surface area contributed by atoms with Gasteiger partial charge in [-0.1, -0.05) is 0 Å². The van der Waals surface area contributed by atoms with E-state index in [-0.39, 0.29) is 17.7 Å². The molecular weight excluding hydrogens is 272 g/mol. The number of furan rings is 1. The number of carbonyl (C=O) groups excluding carboxylic acids is 1. The van der Waals surface area contributed by atoms with Gasteiger partial charge in [-0.15, -0.1) is 0 Å². The van der Waals surface area contributed by atoms with E-state index in [1.165, 1.54) is 12.5 Å². The molecule has 0 saturated carbocycles. The Morgan fingerprint density at radius 3 is 2.67 bits per heavy atom. The van der Waals surface area contributed by atoms with Crippen molar-refractivity contribution in [2.75, 3.05) is 19.6 Å². The van der Waals surface area contributed by atoms with Crippen LogP contribution in [0.4, 0.5) is 0 Å². The molecule has 0 radical (unpaired) electrons. The predicted octanol–water partition coefficient (Wildman–Crippen LogP) is 2.03. The van der Waals surface area contributed by atoms with Gasteiger partial charge in [0.2, 0.25) is 11.7 Å². The van der Waals surface area contributed by atoms with Crippen LogP contribution in [0.3, 0.4) is 0 Å². The minimum atomic E-state index is -1.08. The lowest BCUT2D eigenvalue weighted by Gasteiger charge is -2.27. The van der Waals surface area contributed by atoms with Crippen molar-refractivity contribution < 1.29 is 19.1 Å². The quantitative estimate of drug-likeness (QED) is 0.839. The molecule has 1 amide bonds. The van der Waals surface area contributed by atoms with E-state index in [1.54, 1.807) is 6.07 Å². The third-order valence-electron chi connectivity index (χ3n) is 3.76. The molecule has 2 heterocycles. The zero-order chi connectivity index (χ0) is 15.2.